The quantitative estimate of drug-likeness (QED) is 0.0731. The van der Waals surface area contributed by atoms with Crippen LogP contribution in [0.2, 0.25) is 0 Å². The lowest BCUT2D eigenvalue weighted by molar-refractivity contribution is 0.304. The molecule has 1 aliphatic carbocycles. The molecule has 0 radical (unpaired) electrons. The zero-order valence-corrected chi connectivity index (χ0v) is 35.3. The lowest BCUT2D eigenvalue weighted by Crippen LogP contribution is -2.39. The van der Waals surface area contributed by atoms with Gasteiger partial charge >= 0.3 is 0 Å². The van der Waals surface area contributed by atoms with Gasteiger partial charge in [0.15, 0.2) is 0 Å². The van der Waals surface area contributed by atoms with Crippen molar-refractivity contribution in [1.82, 2.24) is 9.97 Å². The van der Waals surface area contributed by atoms with Crippen LogP contribution in [0.4, 0.5) is 0 Å². The van der Waals surface area contributed by atoms with E-state index in [0.717, 1.165) is 91.2 Å². The molecular formula is C44H50Br2N2O2S2. The summed E-state index contributed by atoms with van der Waals surface area (Å²) in [5.41, 5.74) is 6.22. The Labute approximate surface area is 334 Å². The summed E-state index contributed by atoms with van der Waals surface area (Å²) >= 11 is 10.9. The molecule has 274 valence electrons. The van der Waals surface area contributed by atoms with E-state index in [1.807, 2.05) is 0 Å². The summed E-state index contributed by atoms with van der Waals surface area (Å²) in [4.78, 5) is 13.7. The third kappa shape index (κ3) is 10.5. The molecule has 0 saturated carbocycles. The maximum Gasteiger partial charge on any atom is 0.119 e. The van der Waals surface area contributed by atoms with Crippen LogP contribution in [0.25, 0.3) is 33.7 Å². The number of nitrogens with zero attached hydrogens (tertiary/aromatic N) is 2. The van der Waals surface area contributed by atoms with Gasteiger partial charge in [0.05, 0.1) is 42.9 Å². The largest absolute Gasteiger partial charge is 0.494 e. The fourth-order valence-corrected chi connectivity index (χ4v) is 9.71. The Morgan fingerprint density at radius 1 is 0.538 bits per heavy atom. The number of ether oxygens (including phenoxy) is 2. The summed E-state index contributed by atoms with van der Waals surface area (Å²) in [7, 11) is 0. The van der Waals surface area contributed by atoms with Crippen LogP contribution in [0.15, 0.2) is 80.4 Å². The van der Waals surface area contributed by atoms with Crippen LogP contribution in [-0.4, -0.2) is 23.2 Å². The number of aromatic nitrogens is 2. The molecule has 4 nitrogen and oxygen atoms in total. The predicted octanol–water partition coefficient (Wildman–Crippen LogP) is 13.1. The number of benzene rings is 2. The van der Waals surface area contributed by atoms with Gasteiger partial charge in [0.1, 0.15) is 11.5 Å². The molecule has 3 aromatic heterocycles. The highest BCUT2D eigenvalue weighted by Crippen LogP contribution is 2.36. The Hall–Kier alpha value is -2.78. The van der Waals surface area contributed by atoms with Crippen molar-refractivity contribution in [3.05, 3.63) is 101 Å². The van der Waals surface area contributed by atoms with Crippen LogP contribution in [0, 0.1) is 0 Å². The maximum absolute atomic E-state index is 6.32. The van der Waals surface area contributed by atoms with Gasteiger partial charge in [-0.2, -0.15) is 0 Å². The van der Waals surface area contributed by atoms with E-state index in [2.05, 4.69) is 119 Å². The number of fused-ring (bicyclic) bond motifs is 1. The van der Waals surface area contributed by atoms with Crippen LogP contribution in [0.1, 0.15) is 113 Å². The fraction of sp³-hybridized carbons (Fsp3) is 0.409. The summed E-state index contributed by atoms with van der Waals surface area (Å²) < 4.78 is 14.9. The maximum atomic E-state index is 6.32. The molecule has 0 aliphatic heterocycles. The van der Waals surface area contributed by atoms with Gasteiger partial charge < -0.3 is 9.47 Å². The Bertz CT molecular complexity index is 1890. The Balaban J connectivity index is 1.42. The topological polar surface area (TPSA) is 44.2 Å². The van der Waals surface area contributed by atoms with Crippen LogP contribution in [-0.2, 0) is 0 Å². The van der Waals surface area contributed by atoms with Crippen molar-refractivity contribution in [2.75, 3.05) is 13.2 Å². The first-order valence-corrected chi connectivity index (χ1v) is 22.4. The molecule has 5 aromatic rings. The minimum Gasteiger partial charge on any atom is -0.494 e. The van der Waals surface area contributed by atoms with Gasteiger partial charge in [0, 0.05) is 20.9 Å². The van der Waals surface area contributed by atoms with E-state index in [9.17, 15) is 0 Å². The molecule has 52 heavy (non-hydrogen) atoms. The summed E-state index contributed by atoms with van der Waals surface area (Å²) in [5.74, 6) is 1.74. The van der Waals surface area contributed by atoms with Crippen molar-refractivity contribution < 1.29 is 9.47 Å². The molecule has 6 rings (SSSR count). The molecule has 3 heterocycles. The first-order valence-electron chi connectivity index (χ1n) is 19.2. The summed E-state index contributed by atoms with van der Waals surface area (Å²) in [5, 5.41) is 1.93. The first kappa shape index (κ1) is 38.9. The molecule has 0 spiro atoms. The van der Waals surface area contributed by atoms with E-state index in [0.29, 0.717) is 0 Å². The molecule has 2 aromatic carbocycles. The number of unbranched alkanes of at least 4 members (excludes halogenated alkanes) is 10. The monoisotopic (exact) mass is 860 g/mol. The molecule has 0 atom stereocenters. The van der Waals surface area contributed by atoms with Crippen LogP contribution >= 0.6 is 54.5 Å². The van der Waals surface area contributed by atoms with E-state index in [1.165, 1.54) is 85.1 Å². The standard InChI is InChI=1S/C44H50Br2N2O2S2/c1-3-5-7-9-11-13-27-49-33-19-15-17-31(29-33)41-42(32-18-16-20-34(30-32)50-28-14-12-10-8-6-4-2)48-44-36(38-24-26-40(46)52-38)22-21-35(43(44)47-41)37-23-25-39(45)51-37/h15-20,23-26,29-30H,3-14,21-22,27-28H2,1-2H3. The lowest BCUT2D eigenvalue weighted by atomic mass is 9.95. The Morgan fingerprint density at radius 2 is 0.962 bits per heavy atom. The molecular weight excluding hydrogens is 812 g/mol. The van der Waals surface area contributed by atoms with Crippen molar-refractivity contribution in [2.24, 2.45) is 0 Å². The predicted molar refractivity (Wildman–Crippen MR) is 228 cm³/mol. The Kier molecular flexibility index (Phi) is 15.0. The second-order valence-corrected chi connectivity index (χ2v) is 18.5. The van der Waals surface area contributed by atoms with Gasteiger partial charge in [-0.3, -0.25) is 0 Å². The van der Waals surface area contributed by atoms with Crippen molar-refractivity contribution in [3.63, 3.8) is 0 Å². The molecule has 0 bridgehead atoms. The normalized spacial score (nSPS) is 12.7. The van der Waals surface area contributed by atoms with E-state index < -0.39 is 0 Å². The summed E-state index contributed by atoms with van der Waals surface area (Å²) in [6.45, 7) is 5.96. The van der Waals surface area contributed by atoms with Crippen LogP contribution in [0.5, 0.6) is 11.5 Å². The zero-order chi connectivity index (χ0) is 36.1. The molecule has 0 amide bonds. The minimum absolute atomic E-state index is 0.718. The summed E-state index contributed by atoms with van der Waals surface area (Å²) in [6.07, 6.45) is 16.7. The van der Waals surface area contributed by atoms with Gasteiger partial charge in [-0.25, -0.2) is 9.97 Å². The van der Waals surface area contributed by atoms with E-state index in [4.69, 9.17) is 19.4 Å². The number of hydrogen-bond donors (Lipinski definition) is 0. The molecule has 0 fully saturated rings. The third-order valence-electron chi connectivity index (χ3n) is 9.58. The van der Waals surface area contributed by atoms with Crippen molar-refractivity contribution in [1.29, 1.82) is 0 Å². The highest BCUT2D eigenvalue weighted by atomic mass is 79.9. The average molecular weight is 863 g/mol. The smallest absolute Gasteiger partial charge is 0.119 e. The highest BCUT2D eigenvalue weighted by Gasteiger charge is 2.22. The Morgan fingerprint density at radius 3 is 1.37 bits per heavy atom. The van der Waals surface area contributed by atoms with Crippen LogP contribution < -0.4 is 20.2 Å². The lowest BCUT2D eigenvalue weighted by Gasteiger charge is -2.18. The van der Waals surface area contributed by atoms with Gasteiger partial charge in [0.2, 0.25) is 0 Å². The minimum atomic E-state index is 0.718. The second-order valence-electron chi connectivity index (χ2n) is 13.6. The zero-order valence-electron chi connectivity index (χ0n) is 30.5. The van der Waals surface area contributed by atoms with Gasteiger partial charge in [-0.1, -0.05) is 102 Å². The van der Waals surface area contributed by atoms with E-state index in [1.54, 1.807) is 22.7 Å². The molecule has 0 N–H and O–H groups in total. The number of thiophene rings is 2. The van der Waals surface area contributed by atoms with E-state index in [-0.39, 0.29) is 0 Å². The van der Waals surface area contributed by atoms with Gasteiger partial charge in [-0.05, 0) is 117 Å². The van der Waals surface area contributed by atoms with Crippen LogP contribution in [0.3, 0.4) is 0 Å². The number of hydrogen-bond acceptors (Lipinski definition) is 6. The summed E-state index contributed by atoms with van der Waals surface area (Å²) in [6, 6.07) is 25.5. The molecule has 0 saturated heterocycles. The van der Waals surface area contributed by atoms with Crippen molar-refractivity contribution in [3.8, 4) is 34.0 Å². The average Bonchev–Trinajstić information content (AvgIpc) is 3.81. The SMILES string of the molecule is CCCCCCCCOc1cccc(-c2nc3c(nc2-c2cccc(OCCCCCCCC)c2)=C(c2ccc(Br)s2)CCC=3c2ccc(Br)s2)c1. The van der Waals surface area contributed by atoms with E-state index >= 15 is 0 Å². The third-order valence-corrected chi connectivity index (χ3v) is 12.9. The second kappa shape index (κ2) is 20.1. The van der Waals surface area contributed by atoms with Crippen molar-refractivity contribution >= 4 is 65.7 Å². The number of halogens is 2. The fourth-order valence-electron chi connectivity index (χ4n) is 6.79. The molecule has 0 unspecified atom stereocenters. The van der Waals surface area contributed by atoms with Gasteiger partial charge in [-0.15, -0.1) is 22.7 Å². The van der Waals surface area contributed by atoms with Gasteiger partial charge in [0.25, 0.3) is 0 Å². The number of rotatable bonds is 20. The molecule has 8 heteroatoms. The highest BCUT2D eigenvalue weighted by molar-refractivity contribution is 9.11. The van der Waals surface area contributed by atoms with Crippen molar-refractivity contribution in [2.45, 2.75) is 104 Å². The first-order chi connectivity index (χ1) is 25.5. The molecule has 1 aliphatic rings.